The summed E-state index contributed by atoms with van der Waals surface area (Å²) < 4.78 is 18.7. The molecule has 1 aromatic carbocycles. The molecule has 0 amide bonds. The number of benzene rings is 1. The second kappa shape index (κ2) is 6.64. The molecule has 0 bridgehead atoms. The van der Waals surface area contributed by atoms with Gasteiger partial charge < -0.3 is 4.52 Å². The summed E-state index contributed by atoms with van der Waals surface area (Å²) in [6, 6.07) is 11.9. The van der Waals surface area contributed by atoms with E-state index in [1.165, 1.54) is 6.07 Å². The summed E-state index contributed by atoms with van der Waals surface area (Å²) in [6.45, 7) is 0. The van der Waals surface area contributed by atoms with Gasteiger partial charge in [0.1, 0.15) is 11.5 Å². The Hall–Kier alpha value is -3.00. The van der Waals surface area contributed by atoms with Crippen LogP contribution in [-0.2, 0) is 6.42 Å². The molecule has 0 spiro atoms. The fraction of sp³-hybridized carbons (Fsp3) is 0.118. The first-order valence-electron chi connectivity index (χ1n) is 6.80. The lowest BCUT2D eigenvalue weighted by atomic mass is 10.2. The Morgan fingerprint density at radius 2 is 1.95 bits per heavy atom. The van der Waals surface area contributed by atoms with Crippen molar-refractivity contribution in [3.63, 3.8) is 0 Å². The molecule has 22 heavy (non-hydrogen) atoms. The Morgan fingerprint density at radius 3 is 2.77 bits per heavy atom. The highest BCUT2D eigenvalue weighted by molar-refractivity contribution is 5.54. The SMILES string of the molecule is Fc1ccccc1-c1noc(CCC#Cc2ccccn2)n1. The van der Waals surface area contributed by atoms with Crippen molar-refractivity contribution in [3.8, 4) is 23.2 Å². The van der Waals surface area contributed by atoms with Gasteiger partial charge in [0, 0.05) is 19.0 Å². The van der Waals surface area contributed by atoms with Crippen LogP contribution in [0.4, 0.5) is 4.39 Å². The van der Waals surface area contributed by atoms with Crippen LogP contribution in [0.3, 0.4) is 0 Å². The third-order valence-electron chi connectivity index (χ3n) is 2.93. The molecule has 2 heterocycles. The van der Waals surface area contributed by atoms with Crippen molar-refractivity contribution in [2.45, 2.75) is 12.8 Å². The van der Waals surface area contributed by atoms with Gasteiger partial charge in [-0.25, -0.2) is 9.37 Å². The van der Waals surface area contributed by atoms with Crippen LogP contribution in [-0.4, -0.2) is 15.1 Å². The van der Waals surface area contributed by atoms with Gasteiger partial charge in [-0.2, -0.15) is 4.98 Å². The minimum atomic E-state index is -0.371. The predicted molar refractivity (Wildman–Crippen MR) is 79.1 cm³/mol. The molecule has 0 aliphatic heterocycles. The largest absolute Gasteiger partial charge is 0.339 e. The van der Waals surface area contributed by atoms with E-state index in [9.17, 15) is 4.39 Å². The minimum Gasteiger partial charge on any atom is -0.339 e. The van der Waals surface area contributed by atoms with Crippen LogP contribution in [0.15, 0.2) is 53.2 Å². The molecule has 0 N–H and O–H groups in total. The second-order valence-electron chi connectivity index (χ2n) is 4.51. The summed E-state index contributed by atoms with van der Waals surface area (Å²) in [5.41, 5.74) is 1.05. The number of nitrogens with zero attached hydrogens (tertiary/aromatic N) is 3. The molecule has 0 aliphatic carbocycles. The van der Waals surface area contributed by atoms with E-state index < -0.39 is 0 Å². The molecule has 108 valence electrons. The maximum absolute atomic E-state index is 13.6. The maximum Gasteiger partial charge on any atom is 0.227 e. The van der Waals surface area contributed by atoms with Gasteiger partial charge in [-0.15, -0.1) is 0 Å². The summed E-state index contributed by atoms with van der Waals surface area (Å²) >= 11 is 0. The van der Waals surface area contributed by atoms with Crippen molar-refractivity contribution in [1.29, 1.82) is 0 Å². The van der Waals surface area contributed by atoms with Crippen LogP contribution in [0.25, 0.3) is 11.4 Å². The Labute approximate surface area is 127 Å². The molecule has 0 saturated heterocycles. The molecule has 0 radical (unpaired) electrons. The van der Waals surface area contributed by atoms with E-state index in [1.807, 2.05) is 18.2 Å². The summed E-state index contributed by atoms with van der Waals surface area (Å²) in [5.74, 6) is 6.27. The van der Waals surface area contributed by atoms with Crippen LogP contribution in [0, 0.1) is 17.7 Å². The zero-order valence-electron chi connectivity index (χ0n) is 11.7. The lowest BCUT2D eigenvalue weighted by Gasteiger charge is -1.94. The van der Waals surface area contributed by atoms with Gasteiger partial charge in [0.25, 0.3) is 0 Å². The number of pyridine rings is 1. The summed E-state index contributed by atoms with van der Waals surface area (Å²) in [5, 5.41) is 3.80. The zero-order chi connectivity index (χ0) is 15.2. The number of rotatable bonds is 3. The lowest BCUT2D eigenvalue weighted by molar-refractivity contribution is 0.380. The number of hydrogen-bond acceptors (Lipinski definition) is 4. The van der Waals surface area contributed by atoms with Gasteiger partial charge in [0.15, 0.2) is 0 Å². The van der Waals surface area contributed by atoms with Crippen molar-refractivity contribution >= 4 is 0 Å². The summed E-state index contributed by atoms with van der Waals surface area (Å²) in [6.07, 6.45) is 2.78. The quantitative estimate of drug-likeness (QED) is 0.696. The molecule has 0 fully saturated rings. The molecule has 3 rings (SSSR count). The molecule has 0 atom stereocenters. The number of aromatic nitrogens is 3. The fourth-order valence-corrected chi connectivity index (χ4v) is 1.87. The number of aryl methyl sites for hydroxylation is 1. The van der Waals surface area contributed by atoms with E-state index in [4.69, 9.17) is 4.52 Å². The predicted octanol–water partition coefficient (Wildman–Crippen LogP) is 3.26. The van der Waals surface area contributed by atoms with Crippen molar-refractivity contribution in [2.75, 3.05) is 0 Å². The lowest BCUT2D eigenvalue weighted by Crippen LogP contribution is -1.87. The topological polar surface area (TPSA) is 51.8 Å². The van der Waals surface area contributed by atoms with Crippen LogP contribution in [0.5, 0.6) is 0 Å². The third kappa shape index (κ3) is 3.36. The van der Waals surface area contributed by atoms with E-state index in [1.54, 1.807) is 24.4 Å². The third-order valence-corrected chi connectivity index (χ3v) is 2.93. The first-order chi connectivity index (χ1) is 10.8. The van der Waals surface area contributed by atoms with Crippen molar-refractivity contribution in [2.24, 2.45) is 0 Å². The highest BCUT2D eigenvalue weighted by atomic mass is 19.1. The number of halogens is 1. The average molecular weight is 293 g/mol. The number of hydrogen-bond donors (Lipinski definition) is 0. The van der Waals surface area contributed by atoms with E-state index in [-0.39, 0.29) is 11.6 Å². The van der Waals surface area contributed by atoms with Crippen molar-refractivity contribution in [3.05, 3.63) is 66.1 Å². The molecule has 0 unspecified atom stereocenters. The molecule has 0 saturated carbocycles. The molecule has 0 aliphatic rings. The summed E-state index contributed by atoms with van der Waals surface area (Å²) in [4.78, 5) is 8.29. The van der Waals surface area contributed by atoms with Gasteiger partial charge in [0.05, 0.1) is 5.56 Å². The summed E-state index contributed by atoms with van der Waals surface area (Å²) in [7, 11) is 0. The molecule has 5 heteroatoms. The van der Waals surface area contributed by atoms with Gasteiger partial charge in [-0.1, -0.05) is 29.3 Å². The minimum absolute atomic E-state index is 0.255. The Kier molecular flexibility index (Phi) is 4.21. The zero-order valence-corrected chi connectivity index (χ0v) is 11.7. The molecule has 2 aromatic heterocycles. The van der Waals surface area contributed by atoms with Gasteiger partial charge >= 0.3 is 0 Å². The second-order valence-corrected chi connectivity index (χ2v) is 4.51. The molecule has 3 aromatic rings. The maximum atomic E-state index is 13.6. The first kappa shape index (κ1) is 14.0. The molecular weight excluding hydrogens is 281 g/mol. The smallest absolute Gasteiger partial charge is 0.227 e. The normalized spacial score (nSPS) is 10.0. The molecule has 4 nitrogen and oxygen atoms in total. The Morgan fingerprint density at radius 1 is 1.09 bits per heavy atom. The van der Waals surface area contributed by atoms with Crippen LogP contribution in [0.2, 0.25) is 0 Å². The van der Waals surface area contributed by atoms with E-state index in [2.05, 4.69) is 27.0 Å². The van der Waals surface area contributed by atoms with E-state index >= 15 is 0 Å². The fourth-order valence-electron chi connectivity index (χ4n) is 1.87. The Bertz CT molecular complexity index is 818. The first-order valence-corrected chi connectivity index (χ1v) is 6.80. The van der Waals surface area contributed by atoms with Crippen molar-refractivity contribution in [1.82, 2.24) is 15.1 Å². The van der Waals surface area contributed by atoms with Crippen LogP contribution >= 0.6 is 0 Å². The van der Waals surface area contributed by atoms with Crippen LogP contribution in [0.1, 0.15) is 18.0 Å². The monoisotopic (exact) mass is 293 g/mol. The van der Waals surface area contributed by atoms with Gasteiger partial charge in [0.2, 0.25) is 11.7 Å². The van der Waals surface area contributed by atoms with Gasteiger partial charge in [-0.05, 0) is 30.2 Å². The highest BCUT2D eigenvalue weighted by Gasteiger charge is 2.11. The average Bonchev–Trinajstić information content (AvgIpc) is 3.02. The standard InChI is InChI=1S/C17H12FN3O/c18-15-10-3-2-9-14(15)17-20-16(22-21-17)11-4-1-7-13-8-5-6-12-19-13/h2-3,5-6,8-10,12H,4,11H2. The van der Waals surface area contributed by atoms with E-state index in [0.717, 1.165) is 5.69 Å². The van der Waals surface area contributed by atoms with Crippen molar-refractivity contribution < 1.29 is 8.91 Å². The Balaban J connectivity index is 1.64. The highest BCUT2D eigenvalue weighted by Crippen LogP contribution is 2.19. The van der Waals surface area contributed by atoms with Crippen LogP contribution < -0.4 is 0 Å². The van der Waals surface area contributed by atoms with E-state index in [0.29, 0.717) is 24.3 Å². The van der Waals surface area contributed by atoms with Gasteiger partial charge in [-0.3, -0.25) is 0 Å². The molecular formula is C17H12FN3O.